The van der Waals surface area contributed by atoms with E-state index in [4.69, 9.17) is 10.5 Å². The first-order valence-electron chi connectivity index (χ1n) is 7.00. The quantitative estimate of drug-likeness (QED) is 0.595. The average molecular weight is 311 g/mol. The Morgan fingerprint density at radius 3 is 2.43 bits per heavy atom. The number of nitrogens with one attached hydrogen (secondary N) is 1. The van der Waals surface area contributed by atoms with Crippen molar-refractivity contribution in [2.24, 2.45) is 10.8 Å². The highest BCUT2D eigenvalue weighted by Gasteiger charge is 2.01. The second-order valence-corrected chi connectivity index (χ2v) is 4.78. The predicted octanol–water partition coefficient (Wildman–Crippen LogP) is 1.24. The van der Waals surface area contributed by atoms with E-state index in [1.807, 2.05) is 30.3 Å². The van der Waals surface area contributed by atoms with Crippen LogP contribution < -0.4 is 15.9 Å². The van der Waals surface area contributed by atoms with Crippen LogP contribution in [0.25, 0.3) is 0 Å². The molecule has 118 valence electrons. The number of amides is 2. The van der Waals surface area contributed by atoms with Crippen LogP contribution >= 0.6 is 0 Å². The van der Waals surface area contributed by atoms with Gasteiger partial charge in [0, 0.05) is 0 Å². The number of hydrazone groups is 1. The average Bonchev–Trinajstić information content (AvgIpc) is 2.55. The molecule has 6 heteroatoms. The number of carbonyl (C=O) groups is 2. The van der Waals surface area contributed by atoms with Gasteiger partial charge in [-0.3, -0.25) is 9.59 Å². The van der Waals surface area contributed by atoms with Gasteiger partial charge in [0.15, 0.2) is 6.61 Å². The Bertz CT molecular complexity index is 682. The van der Waals surface area contributed by atoms with E-state index < -0.39 is 5.91 Å². The lowest BCUT2D eigenvalue weighted by molar-refractivity contribution is -0.121. The summed E-state index contributed by atoms with van der Waals surface area (Å²) in [5.74, 6) is -0.181. The monoisotopic (exact) mass is 311 g/mol. The second-order valence-electron chi connectivity index (χ2n) is 4.78. The van der Waals surface area contributed by atoms with Gasteiger partial charge < -0.3 is 10.5 Å². The van der Waals surface area contributed by atoms with Gasteiger partial charge in [0.25, 0.3) is 5.91 Å². The van der Waals surface area contributed by atoms with E-state index in [9.17, 15) is 9.59 Å². The van der Waals surface area contributed by atoms with E-state index >= 15 is 0 Å². The van der Waals surface area contributed by atoms with Gasteiger partial charge in [-0.15, -0.1) is 0 Å². The highest BCUT2D eigenvalue weighted by atomic mass is 16.5. The fraction of sp³-hybridized carbons (Fsp3) is 0.118. The van der Waals surface area contributed by atoms with Crippen molar-refractivity contribution in [2.45, 2.75) is 6.42 Å². The number of hydrogen-bond donors (Lipinski definition) is 2. The molecule has 0 saturated heterocycles. The molecule has 0 aliphatic rings. The minimum absolute atomic E-state index is 0.164. The summed E-state index contributed by atoms with van der Waals surface area (Å²) in [6.45, 7) is -0.164. The molecule has 2 rings (SSSR count). The number of hydrogen-bond acceptors (Lipinski definition) is 4. The van der Waals surface area contributed by atoms with Gasteiger partial charge in [-0.25, -0.2) is 5.43 Å². The van der Waals surface area contributed by atoms with Gasteiger partial charge >= 0.3 is 0 Å². The van der Waals surface area contributed by atoms with Crippen LogP contribution in [0.2, 0.25) is 0 Å². The summed E-state index contributed by atoms with van der Waals surface area (Å²) in [6, 6.07) is 16.3. The van der Waals surface area contributed by atoms with E-state index in [2.05, 4.69) is 10.5 Å². The van der Waals surface area contributed by atoms with E-state index in [0.717, 1.165) is 11.1 Å². The van der Waals surface area contributed by atoms with Gasteiger partial charge in [0.05, 0.1) is 12.6 Å². The summed E-state index contributed by atoms with van der Waals surface area (Å²) in [5, 5.41) is 3.90. The first-order valence-corrected chi connectivity index (χ1v) is 7.00. The molecule has 0 radical (unpaired) electrons. The van der Waals surface area contributed by atoms with Gasteiger partial charge in [-0.1, -0.05) is 30.3 Å². The zero-order valence-corrected chi connectivity index (χ0v) is 12.4. The largest absolute Gasteiger partial charge is 0.484 e. The van der Waals surface area contributed by atoms with Crippen LogP contribution in [0, 0.1) is 0 Å². The van der Waals surface area contributed by atoms with Crippen LogP contribution in [0.5, 0.6) is 5.75 Å². The summed E-state index contributed by atoms with van der Waals surface area (Å²) >= 11 is 0. The summed E-state index contributed by atoms with van der Waals surface area (Å²) in [6.07, 6.45) is 1.80. The fourth-order valence-corrected chi connectivity index (χ4v) is 1.80. The lowest BCUT2D eigenvalue weighted by Gasteiger charge is -2.03. The Hall–Kier alpha value is -3.15. The normalized spacial score (nSPS) is 10.4. The summed E-state index contributed by atoms with van der Waals surface area (Å²) < 4.78 is 5.14. The molecule has 0 aromatic heterocycles. The molecule has 2 aromatic rings. The molecule has 0 unspecified atom stereocenters. The van der Waals surface area contributed by atoms with Gasteiger partial charge in [-0.2, -0.15) is 5.10 Å². The first-order chi connectivity index (χ1) is 11.1. The fourth-order valence-electron chi connectivity index (χ4n) is 1.80. The SMILES string of the molecule is NC(=O)COc1ccc(/C=N/NC(=O)Cc2ccccc2)cc1. The Morgan fingerprint density at radius 1 is 1.09 bits per heavy atom. The number of carbonyl (C=O) groups excluding carboxylic acids is 2. The minimum atomic E-state index is -0.531. The molecular weight excluding hydrogens is 294 g/mol. The van der Waals surface area contributed by atoms with Crippen molar-refractivity contribution in [3.63, 3.8) is 0 Å². The highest BCUT2D eigenvalue weighted by molar-refractivity contribution is 5.83. The molecule has 2 aromatic carbocycles. The maximum atomic E-state index is 11.7. The number of nitrogens with zero attached hydrogens (tertiary/aromatic N) is 1. The van der Waals surface area contributed by atoms with Gasteiger partial charge in [0.2, 0.25) is 5.91 Å². The molecule has 0 aliphatic heterocycles. The summed E-state index contributed by atoms with van der Waals surface area (Å²) in [7, 11) is 0. The lowest BCUT2D eigenvalue weighted by atomic mass is 10.1. The molecule has 3 N–H and O–H groups in total. The Labute approximate surface area is 134 Å². The Balaban J connectivity index is 1.81. The van der Waals surface area contributed by atoms with Crippen molar-refractivity contribution < 1.29 is 14.3 Å². The molecule has 0 atom stereocenters. The number of rotatable bonds is 7. The summed E-state index contributed by atoms with van der Waals surface area (Å²) in [5.41, 5.74) is 9.18. The third kappa shape index (κ3) is 6.01. The van der Waals surface area contributed by atoms with E-state index in [1.54, 1.807) is 24.3 Å². The van der Waals surface area contributed by atoms with Gasteiger partial charge in [-0.05, 0) is 35.4 Å². The lowest BCUT2D eigenvalue weighted by Crippen LogP contribution is -2.20. The topological polar surface area (TPSA) is 93.8 Å². The zero-order chi connectivity index (χ0) is 16.5. The van der Waals surface area contributed by atoms with E-state index in [0.29, 0.717) is 5.75 Å². The smallest absolute Gasteiger partial charge is 0.255 e. The molecule has 6 nitrogen and oxygen atoms in total. The minimum Gasteiger partial charge on any atom is -0.484 e. The first kappa shape index (κ1) is 16.2. The molecule has 0 bridgehead atoms. The van der Waals surface area contributed by atoms with Gasteiger partial charge in [0.1, 0.15) is 5.75 Å². The second kappa shape index (κ2) is 8.33. The highest BCUT2D eigenvalue weighted by Crippen LogP contribution is 2.10. The van der Waals surface area contributed by atoms with Crippen molar-refractivity contribution >= 4 is 18.0 Å². The number of benzene rings is 2. The van der Waals surface area contributed by atoms with Crippen molar-refractivity contribution in [3.05, 3.63) is 65.7 Å². The third-order valence-corrected chi connectivity index (χ3v) is 2.87. The van der Waals surface area contributed by atoms with Crippen LogP contribution in [0.4, 0.5) is 0 Å². The van der Waals surface area contributed by atoms with Crippen LogP contribution in [-0.2, 0) is 16.0 Å². The predicted molar refractivity (Wildman–Crippen MR) is 87.0 cm³/mol. The van der Waals surface area contributed by atoms with Crippen LogP contribution in [0.1, 0.15) is 11.1 Å². The van der Waals surface area contributed by atoms with Crippen molar-refractivity contribution in [3.8, 4) is 5.75 Å². The zero-order valence-electron chi connectivity index (χ0n) is 12.4. The molecule has 23 heavy (non-hydrogen) atoms. The van der Waals surface area contributed by atoms with Crippen molar-refractivity contribution in [1.29, 1.82) is 0 Å². The number of primary amides is 1. The van der Waals surface area contributed by atoms with Crippen molar-refractivity contribution in [1.82, 2.24) is 5.43 Å². The van der Waals surface area contributed by atoms with E-state index in [1.165, 1.54) is 6.21 Å². The summed E-state index contributed by atoms with van der Waals surface area (Å²) in [4.78, 5) is 22.3. The number of nitrogens with two attached hydrogens (primary N) is 1. The molecule has 0 fully saturated rings. The maximum Gasteiger partial charge on any atom is 0.255 e. The van der Waals surface area contributed by atoms with E-state index in [-0.39, 0.29) is 18.9 Å². The molecule has 2 amide bonds. The Kier molecular flexibility index (Phi) is 5.88. The molecule has 0 spiro atoms. The molecule has 0 saturated carbocycles. The third-order valence-electron chi connectivity index (χ3n) is 2.87. The van der Waals surface area contributed by atoms with Crippen LogP contribution in [-0.4, -0.2) is 24.6 Å². The standard InChI is InChI=1S/C17H17N3O3/c18-16(21)12-23-15-8-6-14(7-9-15)11-19-20-17(22)10-13-4-2-1-3-5-13/h1-9,11H,10,12H2,(H2,18,21)(H,20,22)/b19-11+. The molecular formula is C17H17N3O3. The van der Waals surface area contributed by atoms with Crippen LogP contribution in [0.15, 0.2) is 59.7 Å². The number of ether oxygens (including phenoxy) is 1. The molecule has 0 aliphatic carbocycles. The van der Waals surface area contributed by atoms with Crippen LogP contribution in [0.3, 0.4) is 0 Å². The Morgan fingerprint density at radius 2 is 1.78 bits per heavy atom. The maximum absolute atomic E-state index is 11.7. The molecule has 0 heterocycles. The van der Waals surface area contributed by atoms with Crippen molar-refractivity contribution in [2.75, 3.05) is 6.61 Å².